The van der Waals surface area contributed by atoms with Gasteiger partial charge in [0.15, 0.2) is 5.11 Å². The molecule has 0 N–H and O–H groups in total. The third kappa shape index (κ3) is 5.17. The van der Waals surface area contributed by atoms with E-state index in [-0.39, 0.29) is 23.1 Å². The van der Waals surface area contributed by atoms with Crippen molar-refractivity contribution in [3.8, 4) is 5.75 Å². The van der Waals surface area contributed by atoms with Crippen LogP contribution >= 0.6 is 12.2 Å². The number of hydrogen-bond donors (Lipinski definition) is 0. The second-order valence-corrected chi connectivity index (χ2v) is 8.65. The number of carbonyl (C=O) groups excluding carboxylic acids is 2. The van der Waals surface area contributed by atoms with Gasteiger partial charge in [-0.15, -0.1) is 0 Å². The molecule has 0 saturated carbocycles. The molecule has 7 heteroatoms. The highest BCUT2D eigenvalue weighted by Crippen LogP contribution is 2.30. The van der Waals surface area contributed by atoms with E-state index in [0.29, 0.717) is 22.7 Å². The molecule has 0 aromatic heterocycles. The number of rotatable bonds is 6. The predicted molar refractivity (Wildman–Crippen MR) is 146 cm³/mol. The highest BCUT2D eigenvalue weighted by molar-refractivity contribution is 7.81. The molecule has 1 saturated heterocycles. The minimum Gasteiger partial charge on any atom is -0.489 e. The first-order valence-corrected chi connectivity index (χ1v) is 11.9. The van der Waals surface area contributed by atoms with Crippen molar-refractivity contribution in [3.63, 3.8) is 0 Å². The molecular formula is C30H21FN2O3S. The van der Waals surface area contributed by atoms with Gasteiger partial charge in [0.2, 0.25) is 0 Å². The summed E-state index contributed by atoms with van der Waals surface area (Å²) in [5.41, 5.74) is 2.52. The zero-order valence-corrected chi connectivity index (χ0v) is 20.4. The second-order valence-electron chi connectivity index (χ2n) is 8.28. The molecule has 0 unspecified atom stereocenters. The number of hydrogen-bond acceptors (Lipinski definition) is 4. The van der Waals surface area contributed by atoms with Gasteiger partial charge >= 0.3 is 0 Å². The molecule has 37 heavy (non-hydrogen) atoms. The van der Waals surface area contributed by atoms with Crippen LogP contribution in [-0.2, 0) is 16.2 Å². The number of para-hydroxylation sites is 2. The van der Waals surface area contributed by atoms with Crippen LogP contribution in [0, 0.1) is 5.82 Å². The lowest BCUT2D eigenvalue weighted by atomic mass is 10.0. The number of thiocarbonyl (C=S) groups is 1. The minimum absolute atomic E-state index is 0.0306. The third-order valence-electron chi connectivity index (χ3n) is 5.77. The summed E-state index contributed by atoms with van der Waals surface area (Å²) in [5.74, 6) is -0.783. The summed E-state index contributed by atoms with van der Waals surface area (Å²) in [6.07, 6.45) is 1.54. The van der Waals surface area contributed by atoms with E-state index in [4.69, 9.17) is 17.0 Å². The molecule has 4 aromatic carbocycles. The molecule has 0 bridgehead atoms. The van der Waals surface area contributed by atoms with Gasteiger partial charge in [-0.1, -0.05) is 60.7 Å². The Morgan fingerprint density at radius 2 is 1.30 bits per heavy atom. The Hall–Kier alpha value is -4.62. The quantitative estimate of drug-likeness (QED) is 0.178. The van der Waals surface area contributed by atoms with Gasteiger partial charge in [0.1, 0.15) is 23.7 Å². The first-order valence-electron chi connectivity index (χ1n) is 11.5. The van der Waals surface area contributed by atoms with Crippen molar-refractivity contribution in [3.05, 3.63) is 132 Å². The molecule has 1 heterocycles. The normalized spacial score (nSPS) is 13.6. The van der Waals surface area contributed by atoms with Crippen LogP contribution in [0.4, 0.5) is 15.8 Å². The molecule has 0 spiro atoms. The second kappa shape index (κ2) is 10.6. The Balaban J connectivity index is 1.49. The van der Waals surface area contributed by atoms with E-state index in [1.165, 1.54) is 21.9 Å². The van der Waals surface area contributed by atoms with E-state index in [2.05, 4.69) is 0 Å². The summed E-state index contributed by atoms with van der Waals surface area (Å²) in [4.78, 5) is 30.0. The highest BCUT2D eigenvalue weighted by Gasteiger charge is 2.41. The maximum absolute atomic E-state index is 13.6. The summed E-state index contributed by atoms with van der Waals surface area (Å²) < 4.78 is 19.0. The molecular weight excluding hydrogens is 487 g/mol. The summed E-state index contributed by atoms with van der Waals surface area (Å²) in [7, 11) is 0. The predicted octanol–water partition coefficient (Wildman–Crippen LogP) is 6.15. The molecule has 182 valence electrons. The standard InChI is InChI=1S/C30H21FN2O3S/c31-23-16-14-21(15-17-23)20-36-26-13-7-8-22(18-26)19-27-28(34)32(24-9-3-1-4-10-24)30(37)33(29(27)35)25-11-5-2-6-12-25/h1-19H,20H2. The SMILES string of the molecule is O=C1C(=Cc2cccc(OCc3ccc(F)cc3)c2)C(=O)N(c2ccccc2)C(=S)N1c1ccccc1. The number of halogens is 1. The van der Waals surface area contributed by atoms with E-state index >= 15 is 0 Å². The fraction of sp³-hybridized carbons (Fsp3) is 0.0333. The van der Waals surface area contributed by atoms with Crippen molar-refractivity contribution in [2.75, 3.05) is 9.80 Å². The topological polar surface area (TPSA) is 49.9 Å². The summed E-state index contributed by atoms with van der Waals surface area (Å²) in [5, 5.41) is 0.0842. The molecule has 2 amide bonds. The molecule has 0 radical (unpaired) electrons. The largest absolute Gasteiger partial charge is 0.489 e. The lowest BCUT2D eigenvalue weighted by molar-refractivity contribution is -0.120. The third-order valence-corrected chi connectivity index (χ3v) is 6.13. The van der Waals surface area contributed by atoms with Crippen LogP contribution in [-0.4, -0.2) is 16.9 Å². The van der Waals surface area contributed by atoms with Crippen molar-refractivity contribution in [2.24, 2.45) is 0 Å². The summed E-state index contributed by atoms with van der Waals surface area (Å²) in [6.45, 7) is 0.246. The van der Waals surface area contributed by atoms with Crippen LogP contribution in [0.15, 0.2) is 115 Å². The number of ether oxygens (including phenoxy) is 1. The van der Waals surface area contributed by atoms with Gasteiger partial charge in [0.25, 0.3) is 11.8 Å². The Labute approximate surface area is 219 Å². The Morgan fingerprint density at radius 3 is 1.86 bits per heavy atom. The summed E-state index contributed by atoms with van der Waals surface area (Å²) in [6, 6.07) is 31.1. The average molecular weight is 509 g/mol. The van der Waals surface area contributed by atoms with Crippen LogP contribution in [0.3, 0.4) is 0 Å². The maximum atomic E-state index is 13.6. The summed E-state index contributed by atoms with van der Waals surface area (Å²) >= 11 is 5.63. The van der Waals surface area contributed by atoms with E-state index in [9.17, 15) is 14.0 Å². The number of carbonyl (C=O) groups is 2. The van der Waals surface area contributed by atoms with E-state index in [1.807, 2.05) is 12.1 Å². The Bertz CT molecular complexity index is 1430. The van der Waals surface area contributed by atoms with Gasteiger partial charge in [0, 0.05) is 0 Å². The molecule has 0 aliphatic carbocycles. The number of nitrogens with zero attached hydrogens (tertiary/aromatic N) is 2. The van der Waals surface area contributed by atoms with E-state index in [0.717, 1.165) is 5.56 Å². The fourth-order valence-electron chi connectivity index (χ4n) is 3.95. The van der Waals surface area contributed by atoms with E-state index < -0.39 is 11.8 Å². The lowest BCUT2D eigenvalue weighted by Gasteiger charge is -2.36. The van der Waals surface area contributed by atoms with Crippen LogP contribution in [0.25, 0.3) is 6.08 Å². The molecule has 5 rings (SSSR count). The smallest absolute Gasteiger partial charge is 0.270 e. The Morgan fingerprint density at radius 1 is 0.730 bits per heavy atom. The first-order chi connectivity index (χ1) is 18.0. The number of amides is 2. The van der Waals surface area contributed by atoms with Crippen LogP contribution in [0.2, 0.25) is 0 Å². The Kier molecular flexibility index (Phi) is 6.87. The van der Waals surface area contributed by atoms with Crippen molar-refractivity contribution in [2.45, 2.75) is 6.61 Å². The maximum Gasteiger partial charge on any atom is 0.270 e. The molecule has 4 aromatic rings. The van der Waals surface area contributed by atoms with Gasteiger partial charge in [-0.2, -0.15) is 0 Å². The van der Waals surface area contributed by atoms with Crippen molar-refractivity contribution in [1.82, 2.24) is 0 Å². The molecule has 5 nitrogen and oxygen atoms in total. The fourth-order valence-corrected chi connectivity index (χ4v) is 4.32. The van der Waals surface area contributed by atoms with Crippen LogP contribution in [0.1, 0.15) is 11.1 Å². The minimum atomic E-state index is -0.508. The van der Waals surface area contributed by atoms with Gasteiger partial charge in [-0.25, -0.2) is 4.39 Å². The van der Waals surface area contributed by atoms with Crippen molar-refractivity contribution < 1.29 is 18.7 Å². The first kappa shape index (κ1) is 24.1. The molecule has 0 atom stereocenters. The molecule has 1 fully saturated rings. The van der Waals surface area contributed by atoms with Gasteiger partial charge in [0.05, 0.1) is 11.4 Å². The van der Waals surface area contributed by atoms with E-state index in [1.54, 1.807) is 91.0 Å². The number of benzene rings is 4. The zero-order valence-electron chi connectivity index (χ0n) is 19.6. The van der Waals surface area contributed by atoms with Crippen molar-refractivity contribution >= 4 is 46.6 Å². The van der Waals surface area contributed by atoms with Gasteiger partial charge < -0.3 is 4.74 Å². The van der Waals surface area contributed by atoms with Gasteiger partial charge in [-0.05, 0) is 78.0 Å². The average Bonchev–Trinajstić information content (AvgIpc) is 2.92. The molecule has 1 aliphatic rings. The number of anilines is 2. The lowest BCUT2D eigenvalue weighted by Crippen LogP contribution is -2.56. The van der Waals surface area contributed by atoms with Gasteiger partial charge in [-0.3, -0.25) is 19.4 Å². The van der Waals surface area contributed by atoms with Crippen LogP contribution < -0.4 is 14.5 Å². The highest BCUT2D eigenvalue weighted by atomic mass is 32.1. The monoisotopic (exact) mass is 508 g/mol. The molecule has 1 aliphatic heterocycles. The van der Waals surface area contributed by atoms with Crippen LogP contribution in [0.5, 0.6) is 5.75 Å². The van der Waals surface area contributed by atoms with Crippen molar-refractivity contribution in [1.29, 1.82) is 0 Å². The zero-order chi connectivity index (χ0) is 25.8.